The van der Waals surface area contributed by atoms with Crippen molar-refractivity contribution in [3.8, 4) is 0 Å². The summed E-state index contributed by atoms with van der Waals surface area (Å²) in [5.41, 5.74) is -0.278. The van der Waals surface area contributed by atoms with Gasteiger partial charge in [0.2, 0.25) is 10.0 Å². The Bertz CT molecular complexity index is 755. The fraction of sp³-hybridized carbons (Fsp3) is 0.588. The molecule has 6 nitrogen and oxygen atoms in total. The lowest BCUT2D eigenvalue weighted by Crippen LogP contribution is -2.51. The van der Waals surface area contributed by atoms with E-state index in [9.17, 15) is 13.2 Å². The van der Waals surface area contributed by atoms with E-state index in [0.717, 1.165) is 12.8 Å². The second kappa shape index (κ2) is 8.33. The van der Waals surface area contributed by atoms with Gasteiger partial charge >= 0.3 is 6.03 Å². The first-order chi connectivity index (χ1) is 12.0. The van der Waals surface area contributed by atoms with Crippen molar-refractivity contribution in [2.75, 3.05) is 19.6 Å². The van der Waals surface area contributed by atoms with Crippen molar-refractivity contribution in [3.05, 3.63) is 28.2 Å². The van der Waals surface area contributed by atoms with Crippen LogP contribution in [0.5, 0.6) is 0 Å². The maximum absolute atomic E-state index is 12.4. The molecule has 1 aromatic rings. The van der Waals surface area contributed by atoms with Gasteiger partial charge in [-0.2, -0.15) is 0 Å². The molecule has 0 bridgehead atoms. The summed E-state index contributed by atoms with van der Waals surface area (Å²) in [5, 5.41) is 3.39. The second-order valence-corrected chi connectivity index (χ2v) is 10.1. The lowest BCUT2D eigenvalue weighted by molar-refractivity contribution is 0.163. The molecule has 1 fully saturated rings. The van der Waals surface area contributed by atoms with Gasteiger partial charge in [0.15, 0.2) is 0 Å². The highest BCUT2D eigenvalue weighted by Gasteiger charge is 2.26. The van der Waals surface area contributed by atoms with Crippen LogP contribution in [0.25, 0.3) is 0 Å². The molecule has 0 atom stereocenters. The predicted molar refractivity (Wildman–Crippen MR) is 104 cm³/mol. The Morgan fingerprint density at radius 2 is 1.85 bits per heavy atom. The van der Waals surface area contributed by atoms with E-state index in [1.54, 1.807) is 11.0 Å². The summed E-state index contributed by atoms with van der Waals surface area (Å²) in [6, 6.07) is 4.26. The van der Waals surface area contributed by atoms with Gasteiger partial charge in [-0.05, 0) is 57.7 Å². The quantitative estimate of drug-likeness (QED) is 0.780. The minimum Gasteiger partial charge on any atom is -0.333 e. The molecule has 2 N–H and O–H groups in total. The number of carbonyl (C=O) groups excluding carboxylic acids is 1. The Hall–Kier alpha value is -1.02. The van der Waals surface area contributed by atoms with Crippen LogP contribution in [0, 0.1) is 5.92 Å². The lowest BCUT2D eigenvalue weighted by Gasteiger charge is -2.34. The van der Waals surface area contributed by atoms with Crippen molar-refractivity contribution in [2.24, 2.45) is 5.92 Å². The molecule has 1 aliphatic rings. The highest BCUT2D eigenvalue weighted by molar-refractivity contribution is 7.89. The number of benzene rings is 1. The van der Waals surface area contributed by atoms with Crippen LogP contribution in [0.4, 0.5) is 4.79 Å². The van der Waals surface area contributed by atoms with Crippen LogP contribution >= 0.6 is 23.2 Å². The van der Waals surface area contributed by atoms with Crippen molar-refractivity contribution in [1.29, 1.82) is 0 Å². The van der Waals surface area contributed by atoms with Crippen LogP contribution in [0.2, 0.25) is 10.0 Å². The molecule has 0 aliphatic carbocycles. The summed E-state index contributed by atoms with van der Waals surface area (Å²) < 4.78 is 27.5. The first-order valence-electron chi connectivity index (χ1n) is 8.50. The number of nitrogens with one attached hydrogen (secondary N) is 2. The minimum atomic E-state index is -3.73. The third-order valence-corrected chi connectivity index (χ3v) is 6.27. The third-order valence-electron chi connectivity index (χ3n) is 4.13. The highest BCUT2D eigenvalue weighted by Crippen LogP contribution is 2.25. The number of amides is 2. The molecule has 1 saturated heterocycles. The fourth-order valence-corrected chi connectivity index (χ4v) is 4.61. The van der Waals surface area contributed by atoms with Crippen LogP contribution < -0.4 is 10.0 Å². The second-order valence-electron chi connectivity index (χ2n) is 7.54. The maximum atomic E-state index is 12.4. The Balaban J connectivity index is 1.88. The molecule has 1 heterocycles. The summed E-state index contributed by atoms with van der Waals surface area (Å²) in [5.74, 6) is 0.168. The van der Waals surface area contributed by atoms with Gasteiger partial charge in [0.25, 0.3) is 0 Å². The van der Waals surface area contributed by atoms with E-state index >= 15 is 0 Å². The van der Waals surface area contributed by atoms with Gasteiger partial charge in [0.05, 0.1) is 5.02 Å². The maximum Gasteiger partial charge on any atom is 0.317 e. The molecule has 2 rings (SSSR count). The van der Waals surface area contributed by atoms with Crippen molar-refractivity contribution in [3.63, 3.8) is 0 Å². The molecule has 0 aromatic heterocycles. The normalized spacial score (nSPS) is 16.6. The SMILES string of the molecule is CC(C)(C)NC(=O)N1CCC(CNS(=O)(=O)c2cc(Cl)ccc2Cl)CC1. The van der Waals surface area contributed by atoms with Crippen LogP contribution in [0.3, 0.4) is 0 Å². The van der Waals surface area contributed by atoms with Crippen molar-refractivity contribution < 1.29 is 13.2 Å². The van der Waals surface area contributed by atoms with E-state index in [1.165, 1.54) is 12.1 Å². The molecule has 0 radical (unpaired) electrons. The van der Waals surface area contributed by atoms with E-state index in [0.29, 0.717) is 24.7 Å². The molecule has 0 unspecified atom stereocenters. The van der Waals surface area contributed by atoms with Crippen LogP contribution in [0.15, 0.2) is 23.1 Å². The molecule has 0 spiro atoms. The number of carbonyl (C=O) groups is 1. The zero-order valence-electron chi connectivity index (χ0n) is 15.2. The summed E-state index contributed by atoms with van der Waals surface area (Å²) in [4.78, 5) is 13.9. The van der Waals surface area contributed by atoms with Gasteiger partial charge < -0.3 is 10.2 Å². The van der Waals surface area contributed by atoms with Crippen molar-refractivity contribution in [1.82, 2.24) is 14.9 Å². The monoisotopic (exact) mass is 421 g/mol. The third kappa shape index (κ3) is 6.01. The summed E-state index contributed by atoms with van der Waals surface area (Å²) in [6.07, 6.45) is 1.48. The Kier molecular flexibility index (Phi) is 6.82. The number of likely N-dealkylation sites (tertiary alicyclic amines) is 1. The zero-order valence-corrected chi connectivity index (χ0v) is 17.5. The number of nitrogens with zero attached hydrogens (tertiary/aromatic N) is 1. The number of piperidine rings is 1. The van der Waals surface area contributed by atoms with Crippen LogP contribution in [0.1, 0.15) is 33.6 Å². The number of halogens is 2. The molecular formula is C17H25Cl2N3O3S. The number of hydrogen-bond acceptors (Lipinski definition) is 3. The summed E-state index contributed by atoms with van der Waals surface area (Å²) >= 11 is 11.8. The topological polar surface area (TPSA) is 78.5 Å². The molecule has 1 aromatic carbocycles. The minimum absolute atomic E-state index is 0.0198. The van der Waals surface area contributed by atoms with Crippen LogP contribution in [-0.4, -0.2) is 44.5 Å². The Labute approximate surface area is 165 Å². The Morgan fingerprint density at radius 1 is 1.23 bits per heavy atom. The smallest absolute Gasteiger partial charge is 0.317 e. The average molecular weight is 422 g/mol. The standard InChI is InChI=1S/C17H25Cl2N3O3S/c1-17(2,3)21-16(23)22-8-6-12(7-9-22)11-20-26(24,25)15-10-13(18)4-5-14(15)19/h4-5,10,12,20H,6-9,11H2,1-3H3,(H,21,23). The predicted octanol–water partition coefficient (Wildman–Crippen LogP) is 3.49. The molecule has 0 saturated carbocycles. The number of rotatable bonds is 4. The van der Waals surface area contributed by atoms with E-state index < -0.39 is 10.0 Å². The van der Waals surface area contributed by atoms with Gasteiger partial charge in [-0.15, -0.1) is 0 Å². The number of hydrogen-bond donors (Lipinski definition) is 2. The van der Waals surface area contributed by atoms with E-state index in [1.807, 2.05) is 20.8 Å². The molecule has 9 heteroatoms. The van der Waals surface area contributed by atoms with Crippen molar-refractivity contribution >= 4 is 39.3 Å². The van der Waals surface area contributed by atoms with Gasteiger partial charge in [-0.3, -0.25) is 0 Å². The largest absolute Gasteiger partial charge is 0.333 e. The molecule has 1 aliphatic heterocycles. The van der Waals surface area contributed by atoms with E-state index in [4.69, 9.17) is 23.2 Å². The highest BCUT2D eigenvalue weighted by atomic mass is 35.5. The lowest BCUT2D eigenvalue weighted by atomic mass is 9.97. The summed E-state index contributed by atoms with van der Waals surface area (Å²) in [7, 11) is -3.73. The van der Waals surface area contributed by atoms with Crippen molar-refractivity contribution in [2.45, 2.75) is 44.0 Å². The average Bonchev–Trinajstić information content (AvgIpc) is 2.54. The Morgan fingerprint density at radius 3 is 2.42 bits per heavy atom. The molecule has 2 amide bonds. The number of sulfonamides is 1. The molecule has 146 valence electrons. The van der Waals surface area contributed by atoms with Crippen LogP contribution in [-0.2, 0) is 10.0 Å². The van der Waals surface area contributed by atoms with Gasteiger partial charge in [-0.1, -0.05) is 23.2 Å². The zero-order chi connectivity index (χ0) is 19.5. The fourth-order valence-electron chi connectivity index (χ4n) is 2.73. The molecular weight excluding hydrogens is 397 g/mol. The van der Waals surface area contributed by atoms with Gasteiger partial charge in [-0.25, -0.2) is 17.9 Å². The first kappa shape index (κ1) is 21.3. The van der Waals surface area contributed by atoms with Gasteiger partial charge in [0, 0.05) is 30.2 Å². The molecule has 26 heavy (non-hydrogen) atoms. The summed E-state index contributed by atoms with van der Waals surface area (Å²) in [6.45, 7) is 7.33. The first-order valence-corrected chi connectivity index (χ1v) is 10.7. The van der Waals surface area contributed by atoms with E-state index in [-0.39, 0.29) is 27.4 Å². The number of urea groups is 1. The van der Waals surface area contributed by atoms with E-state index in [2.05, 4.69) is 10.0 Å². The van der Waals surface area contributed by atoms with Gasteiger partial charge in [0.1, 0.15) is 4.90 Å².